The lowest BCUT2D eigenvalue weighted by molar-refractivity contribution is 0.197. The molecule has 0 bridgehead atoms. The highest BCUT2D eigenvalue weighted by molar-refractivity contribution is 5.84. The molecule has 0 atom stereocenters. The summed E-state index contributed by atoms with van der Waals surface area (Å²) in [6.07, 6.45) is 1.77. The number of amides is 1. The first kappa shape index (κ1) is 15.8. The number of benzene rings is 1. The van der Waals surface area contributed by atoms with Gasteiger partial charge in [-0.05, 0) is 44.0 Å². The van der Waals surface area contributed by atoms with Gasteiger partial charge in [-0.2, -0.15) is 0 Å². The molecule has 1 fully saturated rings. The van der Waals surface area contributed by atoms with Crippen LogP contribution in [0.15, 0.2) is 18.2 Å². The van der Waals surface area contributed by atoms with E-state index in [1.54, 1.807) is 6.07 Å². The first-order chi connectivity index (χ1) is 11.1. The lowest BCUT2D eigenvalue weighted by Gasteiger charge is -2.22. The first-order valence-electron chi connectivity index (χ1n) is 8.28. The molecule has 3 rings (SSSR count). The van der Waals surface area contributed by atoms with Gasteiger partial charge in [-0.25, -0.2) is 9.78 Å². The molecular formula is C17H24N4O2. The van der Waals surface area contributed by atoms with E-state index in [4.69, 9.17) is 4.74 Å². The topological polar surface area (TPSA) is 79.0 Å². The second-order valence-corrected chi connectivity index (χ2v) is 6.39. The molecule has 2 aromatic rings. The van der Waals surface area contributed by atoms with E-state index >= 15 is 0 Å². The highest BCUT2D eigenvalue weighted by atomic mass is 16.6. The lowest BCUT2D eigenvalue weighted by Crippen LogP contribution is -2.37. The monoisotopic (exact) mass is 316 g/mol. The Balaban J connectivity index is 1.64. The Kier molecular flexibility index (Phi) is 4.81. The van der Waals surface area contributed by atoms with Gasteiger partial charge in [-0.15, -0.1) is 0 Å². The highest BCUT2D eigenvalue weighted by Gasteiger charge is 2.16. The predicted molar refractivity (Wildman–Crippen MR) is 89.8 cm³/mol. The largest absolute Gasteiger partial charge is 0.412 e. The number of H-pyrrole nitrogens is 1. The third kappa shape index (κ3) is 3.82. The van der Waals surface area contributed by atoms with Crippen molar-refractivity contribution >= 4 is 17.1 Å². The Bertz CT molecular complexity index is 674. The van der Waals surface area contributed by atoms with Crippen LogP contribution in [0.1, 0.15) is 38.4 Å². The number of ether oxygens (including phenoxy) is 1. The molecule has 2 heterocycles. The number of aromatic nitrogens is 2. The molecule has 23 heavy (non-hydrogen) atoms. The second kappa shape index (κ2) is 7.00. The van der Waals surface area contributed by atoms with Gasteiger partial charge in [0.25, 0.3) is 0 Å². The van der Waals surface area contributed by atoms with Gasteiger partial charge in [0.15, 0.2) is 5.75 Å². The summed E-state index contributed by atoms with van der Waals surface area (Å²) in [4.78, 5) is 19.9. The molecule has 1 amide bonds. The summed E-state index contributed by atoms with van der Waals surface area (Å²) < 4.78 is 5.46. The molecule has 0 saturated carbocycles. The van der Waals surface area contributed by atoms with Gasteiger partial charge in [0.05, 0.1) is 5.52 Å². The average Bonchev–Trinajstić information content (AvgIpc) is 3.00. The number of hydrogen-bond donors (Lipinski definition) is 3. The number of para-hydroxylation sites is 1. The van der Waals surface area contributed by atoms with E-state index in [-0.39, 0.29) is 0 Å². The molecule has 0 unspecified atom stereocenters. The van der Waals surface area contributed by atoms with Gasteiger partial charge in [0.2, 0.25) is 0 Å². The van der Waals surface area contributed by atoms with Crippen LogP contribution >= 0.6 is 0 Å². The molecule has 0 spiro atoms. The Morgan fingerprint density at radius 2 is 2.17 bits per heavy atom. The van der Waals surface area contributed by atoms with Crippen LogP contribution in [0.2, 0.25) is 0 Å². The number of carbonyl (C=O) groups is 1. The Morgan fingerprint density at radius 1 is 1.39 bits per heavy atom. The van der Waals surface area contributed by atoms with E-state index in [1.807, 2.05) is 12.1 Å². The number of imidazole rings is 1. The maximum absolute atomic E-state index is 12.1. The third-order valence-corrected chi connectivity index (χ3v) is 4.24. The summed E-state index contributed by atoms with van der Waals surface area (Å²) in [5.74, 6) is 2.21. The number of hydrogen-bond acceptors (Lipinski definition) is 4. The Morgan fingerprint density at radius 3 is 2.91 bits per heavy atom. The maximum atomic E-state index is 12.1. The zero-order valence-corrected chi connectivity index (χ0v) is 13.7. The van der Waals surface area contributed by atoms with Crippen molar-refractivity contribution in [1.29, 1.82) is 0 Å². The number of rotatable bonds is 4. The van der Waals surface area contributed by atoms with Crippen LogP contribution in [-0.2, 0) is 0 Å². The summed E-state index contributed by atoms with van der Waals surface area (Å²) in [5.41, 5.74) is 1.59. The fraction of sp³-hybridized carbons (Fsp3) is 0.529. The number of fused-ring (bicyclic) bond motifs is 1. The molecule has 6 nitrogen and oxygen atoms in total. The summed E-state index contributed by atoms with van der Waals surface area (Å²) in [6, 6.07) is 5.57. The van der Waals surface area contributed by atoms with E-state index in [2.05, 4.69) is 34.4 Å². The number of aromatic amines is 1. The molecule has 0 aliphatic carbocycles. The molecule has 3 N–H and O–H groups in total. The number of piperidine rings is 1. The predicted octanol–water partition coefficient (Wildman–Crippen LogP) is 2.77. The van der Waals surface area contributed by atoms with Crippen molar-refractivity contribution in [3.05, 3.63) is 24.0 Å². The van der Waals surface area contributed by atoms with Gasteiger partial charge in [0.1, 0.15) is 11.3 Å². The Hall–Kier alpha value is -2.08. The SMILES string of the molecule is CC(C)c1nc2c(OC(=O)NCC3CCNCC3)cccc2[nH]1. The van der Waals surface area contributed by atoms with Crippen molar-refractivity contribution in [2.45, 2.75) is 32.6 Å². The van der Waals surface area contributed by atoms with E-state index in [9.17, 15) is 4.79 Å². The van der Waals surface area contributed by atoms with Gasteiger partial charge in [0, 0.05) is 12.5 Å². The van der Waals surface area contributed by atoms with Gasteiger partial charge >= 0.3 is 6.09 Å². The molecule has 1 aromatic heterocycles. The lowest BCUT2D eigenvalue weighted by atomic mass is 9.98. The minimum Gasteiger partial charge on any atom is -0.408 e. The van der Waals surface area contributed by atoms with E-state index < -0.39 is 6.09 Å². The summed E-state index contributed by atoms with van der Waals surface area (Å²) in [5, 5.41) is 6.19. The molecule has 1 aromatic carbocycles. The van der Waals surface area contributed by atoms with Gasteiger partial charge < -0.3 is 20.4 Å². The highest BCUT2D eigenvalue weighted by Crippen LogP contribution is 2.25. The quantitative estimate of drug-likeness (QED) is 0.810. The minimum atomic E-state index is -0.412. The van der Waals surface area contributed by atoms with E-state index in [0.717, 1.165) is 37.3 Å². The average molecular weight is 316 g/mol. The first-order valence-corrected chi connectivity index (χ1v) is 8.28. The molecule has 6 heteroatoms. The van der Waals surface area contributed by atoms with Crippen LogP contribution in [0, 0.1) is 5.92 Å². The van der Waals surface area contributed by atoms with Gasteiger partial charge in [-0.3, -0.25) is 0 Å². The smallest absolute Gasteiger partial charge is 0.408 e. The molecule has 1 aliphatic heterocycles. The fourth-order valence-corrected chi connectivity index (χ4v) is 2.83. The van der Waals surface area contributed by atoms with Crippen molar-refractivity contribution in [2.24, 2.45) is 5.92 Å². The molecular weight excluding hydrogens is 292 g/mol. The van der Waals surface area contributed by atoms with Crippen LogP contribution in [0.5, 0.6) is 5.75 Å². The number of carbonyl (C=O) groups excluding carboxylic acids is 1. The summed E-state index contributed by atoms with van der Waals surface area (Å²) in [7, 11) is 0. The maximum Gasteiger partial charge on any atom is 0.412 e. The molecule has 1 aliphatic rings. The van der Waals surface area contributed by atoms with Crippen molar-refractivity contribution in [3.63, 3.8) is 0 Å². The molecule has 1 saturated heterocycles. The van der Waals surface area contributed by atoms with Crippen LogP contribution in [0.3, 0.4) is 0 Å². The van der Waals surface area contributed by atoms with Crippen LogP contribution in [0.4, 0.5) is 4.79 Å². The third-order valence-electron chi connectivity index (χ3n) is 4.24. The van der Waals surface area contributed by atoms with Crippen LogP contribution < -0.4 is 15.4 Å². The normalized spacial score (nSPS) is 16.0. The Labute approximate surface area is 136 Å². The zero-order chi connectivity index (χ0) is 16.2. The minimum absolute atomic E-state index is 0.295. The van der Waals surface area contributed by atoms with Crippen molar-refractivity contribution < 1.29 is 9.53 Å². The van der Waals surface area contributed by atoms with Crippen LogP contribution in [-0.4, -0.2) is 35.7 Å². The fourth-order valence-electron chi connectivity index (χ4n) is 2.83. The van der Waals surface area contributed by atoms with Crippen LogP contribution in [0.25, 0.3) is 11.0 Å². The van der Waals surface area contributed by atoms with Crippen molar-refractivity contribution in [3.8, 4) is 5.75 Å². The van der Waals surface area contributed by atoms with Crippen molar-refractivity contribution in [2.75, 3.05) is 19.6 Å². The van der Waals surface area contributed by atoms with E-state index in [0.29, 0.717) is 29.6 Å². The number of nitrogens with one attached hydrogen (secondary N) is 3. The summed E-state index contributed by atoms with van der Waals surface area (Å²) >= 11 is 0. The zero-order valence-electron chi connectivity index (χ0n) is 13.7. The number of nitrogens with zero attached hydrogens (tertiary/aromatic N) is 1. The molecule has 124 valence electrons. The standard InChI is InChI=1S/C17H24N4O2/c1-11(2)16-20-13-4-3-5-14(15(13)21-16)23-17(22)19-10-12-6-8-18-9-7-12/h3-5,11-12,18H,6-10H2,1-2H3,(H,19,22)(H,20,21). The van der Waals surface area contributed by atoms with Crippen molar-refractivity contribution in [1.82, 2.24) is 20.6 Å². The van der Waals surface area contributed by atoms with E-state index in [1.165, 1.54) is 0 Å². The van der Waals surface area contributed by atoms with Gasteiger partial charge in [-0.1, -0.05) is 19.9 Å². The summed E-state index contributed by atoms with van der Waals surface area (Å²) in [6.45, 7) is 6.85. The molecule has 0 radical (unpaired) electrons. The second-order valence-electron chi connectivity index (χ2n) is 6.39.